The van der Waals surface area contributed by atoms with E-state index in [0.717, 1.165) is 16.0 Å². The third kappa shape index (κ3) is 2.02. The number of nitrogen functional groups attached to an aromatic ring is 1. The number of rotatable bonds is 1. The number of nitrogens with two attached hydrogens (primary N) is 1. The molecule has 1 aliphatic heterocycles. The second kappa shape index (κ2) is 5.04. The van der Waals surface area contributed by atoms with E-state index in [0.29, 0.717) is 22.0 Å². The van der Waals surface area contributed by atoms with Crippen LogP contribution >= 0.6 is 11.3 Å². The number of carbonyl (C=O) groups is 1. The quantitative estimate of drug-likeness (QED) is 0.878. The first-order chi connectivity index (χ1) is 10.4. The van der Waals surface area contributed by atoms with E-state index in [4.69, 9.17) is 10.5 Å². The number of benzene rings is 1. The Kier molecular flexibility index (Phi) is 3.30. The van der Waals surface area contributed by atoms with Crippen LogP contribution in [0.4, 0.5) is 10.7 Å². The van der Waals surface area contributed by atoms with Gasteiger partial charge in [0.15, 0.2) is 6.10 Å². The van der Waals surface area contributed by atoms with Crippen LogP contribution in [-0.4, -0.2) is 19.1 Å². The Labute approximate surface area is 132 Å². The van der Waals surface area contributed by atoms with E-state index in [1.165, 1.54) is 11.3 Å². The number of hydrogen-bond acceptors (Lipinski definition) is 5. The maximum Gasteiger partial charge on any atom is 0.267 e. The van der Waals surface area contributed by atoms with Crippen molar-refractivity contribution >= 4 is 27.9 Å². The summed E-state index contributed by atoms with van der Waals surface area (Å²) in [6, 6.07) is 7.76. The third-order valence-electron chi connectivity index (χ3n) is 3.81. The molecule has 0 aliphatic carbocycles. The molecule has 0 saturated carbocycles. The number of fused-ring (bicyclic) bond motifs is 1. The van der Waals surface area contributed by atoms with Crippen LogP contribution in [-0.2, 0) is 4.79 Å². The molecule has 22 heavy (non-hydrogen) atoms. The molecule has 1 aromatic heterocycles. The zero-order valence-corrected chi connectivity index (χ0v) is 13.3. The Morgan fingerprint density at radius 1 is 1.45 bits per heavy atom. The highest BCUT2D eigenvalue weighted by Gasteiger charge is 2.29. The van der Waals surface area contributed by atoms with Gasteiger partial charge in [-0.2, -0.15) is 5.26 Å². The molecule has 1 aromatic carbocycles. The summed E-state index contributed by atoms with van der Waals surface area (Å²) in [5, 5.41) is 9.84. The van der Waals surface area contributed by atoms with Crippen molar-refractivity contribution in [1.29, 1.82) is 5.26 Å². The second-order valence-electron chi connectivity index (χ2n) is 5.22. The second-order valence-corrected chi connectivity index (χ2v) is 6.48. The van der Waals surface area contributed by atoms with Crippen molar-refractivity contribution in [3.05, 3.63) is 28.6 Å². The molecule has 6 heteroatoms. The molecule has 0 fully saturated rings. The molecule has 0 spiro atoms. The highest BCUT2D eigenvalue weighted by atomic mass is 32.1. The van der Waals surface area contributed by atoms with Crippen LogP contribution in [0.15, 0.2) is 18.2 Å². The van der Waals surface area contributed by atoms with Crippen molar-refractivity contribution in [3.8, 4) is 22.9 Å². The molecule has 2 heterocycles. The highest BCUT2D eigenvalue weighted by Crippen LogP contribution is 2.42. The fourth-order valence-corrected chi connectivity index (χ4v) is 3.59. The molecule has 0 bridgehead atoms. The molecule has 1 amide bonds. The van der Waals surface area contributed by atoms with Gasteiger partial charge in [-0.1, -0.05) is 6.07 Å². The fraction of sp³-hybridized carbons (Fsp3) is 0.250. The van der Waals surface area contributed by atoms with Crippen LogP contribution in [0.1, 0.15) is 17.4 Å². The zero-order chi connectivity index (χ0) is 16.0. The van der Waals surface area contributed by atoms with Gasteiger partial charge < -0.3 is 15.4 Å². The molecule has 1 atom stereocenters. The van der Waals surface area contributed by atoms with Crippen LogP contribution in [0, 0.1) is 18.3 Å². The van der Waals surface area contributed by atoms with Gasteiger partial charge in [-0.25, -0.2) is 0 Å². The summed E-state index contributed by atoms with van der Waals surface area (Å²) in [6.45, 7) is 3.66. The first-order valence-electron chi connectivity index (χ1n) is 6.81. The topological polar surface area (TPSA) is 79.4 Å². The maximum atomic E-state index is 12.1. The van der Waals surface area contributed by atoms with Gasteiger partial charge >= 0.3 is 0 Å². The number of carbonyl (C=O) groups excluding carboxylic acids is 1. The lowest BCUT2D eigenvalue weighted by Crippen LogP contribution is -2.41. The van der Waals surface area contributed by atoms with Gasteiger partial charge in [0, 0.05) is 17.5 Å². The Morgan fingerprint density at radius 2 is 2.18 bits per heavy atom. The lowest BCUT2D eigenvalue weighted by atomic mass is 10.0. The van der Waals surface area contributed by atoms with Gasteiger partial charge in [0.2, 0.25) is 0 Å². The average molecular weight is 313 g/mol. The SMILES string of the molecule is Cc1sc(N)c(C#N)c1-c1ccc2c(c1)N(C)C(=O)C(C)O2. The molecule has 1 aliphatic rings. The number of likely N-dealkylation sites (N-methyl/N-ethyl adjacent to an activating group) is 1. The molecule has 0 saturated heterocycles. The number of aryl methyl sites for hydroxylation is 1. The molecular formula is C16H15N3O2S. The van der Waals surface area contributed by atoms with Crippen LogP contribution in [0.3, 0.4) is 0 Å². The number of nitrogens with zero attached hydrogens (tertiary/aromatic N) is 2. The number of hydrogen-bond donors (Lipinski definition) is 1. The van der Waals surface area contributed by atoms with Crippen LogP contribution in [0.5, 0.6) is 5.75 Å². The molecular weight excluding hydrogens is 298 g/mol. The van der Waals surface area contributed by atoms with E-state index in [-0.39, 0.29) is 5.91 Å². The number of nitriles is 1. The van der Waals surface area contributed by atoms with Crippen molar-refractivity contribution in [3.63, 3.8) is 0 Å². The van der Waals surface area contributed by atoms with Crippen molar-refractivity contribution in [2.45, 2.75) is 20.0 Å². The van der Waals surface area contributed by atoms with Gasteiger partial charge in [-0.15, -0.1) is 11.3 Å². The highest BCUT2D eigenvalue weighted by molar-refractivity contribution is 7.16. The van der Waals surface area contributed by atoms with E-state index in [1.54, 1.807) is 18.9 Å². The summed E-state index contributed by atoms with van der Waals surface area (Å²) in [6.07, 6.45) is -0.489. The minimum Gasteiger partial charge on any atom is -0.479 e. The third-order valence-corrected chi connectivity index (χ3v) is 4.75. The predicted molar refractivity (Wildman–Crippen MR) is 87.1 cm³/mol. The van der Waals surface area contributed by atoms with Crippen LogP contribution in [0.2, 0.25) is 0 Å². The van der Waals surface area contributed by atoms with Gasteiger partial charge in [-0.05, 0) is 31.5 Å². The molecule has 1 unspecified atom stereocenters. The summed E-state index contributed by atoms with van der Waals surface area (Å²) < 4.78 is 5.62. The summed E-state index contributed by atoms with van der Waals surface area (Å²) in [5.41, 5.74) is 8.78. The minimum absolute atomic E-state index is 0.0910. The number of ether oxygens (including phenoxy) is 1. The molecule has 112 valence electrons. The standard InChI is InChI=1S/C16H15N3O2S/c1-8-16(20)19(3)12-6-10(4-5-13(12)21-8)14-9(2)22-15(18)11(14)7-17/h4-6,8H,18H2,1-3H3. The van der Waals surface area contributed by atoms with E-state index in [2.05, 4.69) is 6.07 Å². The molecule has 0 radical (unpaired) electrons. The van der Waals surface area contributed by atoms with Gasteiger partial charge in [-0.3, -0.25) is 4.79 Å². The van der Waals surface area contributed by atoms with Gasteiger partial charge in [0.05, 0.1) is 11.3 Å². The fourth-order valence-electron chi connectivity index (χ4n) is 2.69. The van der Waals surface area contributed by atoms with Gasteiger partial charge in [0.25, 0.3) is 5.91 Å². The predicted octanol–water partition coefficient (Wildman–Crippen LogP) is 2.92. The molecule has 5 nitrogen and oxygen atoms in total. The Morgan fingerprint density at radius 3 is 2.86 bits per heavy atom. The lowest BCUT2D eigenvalue weighted by molar-refractivity contribution is -0.125. The summed E-state index contributed by atoms with van der Waals surface area (Å²) >= 11 is 1.40. The molecule has 3 rings (SSSR count). The molecule has 2 N–H and O–H groups in total. The number of thiophene rings is 1. The van der Waals surface area contributed by atoms with E-state index in [9.17, 15) is 10.1 Å². The first-order valence-corrected chi connectivity index (χ1v) is 7.63. The van der Waals surface area contributed by atoms with E-state index in [1.807, 2.05) is 25.1 Å². The average Bonchev–Trinajstić information content (AvgIpc) is 2.78. The first kappa shape index (κ1) is 14.4. The van der Waals surface area contributed by atoms with Crippen LogP contribution in [0.25, 0.3) is 11.1 Å². The maximum absolute atomic E-state index is 12.1. The van der Waals surface area contributed by atoms with Crippen molar-refractivity contribution < 1.29 is 9.53 Å². The van der Waals surface area contributed by atoms with Crippen molar-refractivity contribution in [1.82, 2.24) is 0 Å². The van der Waals surface area contributed by atoms with Crippen LogP contribution < -0.4 is 15.4 Å². The van der Waals surface area contributed by atoms with Crippen molar-refractivity contribution in [2.24, 2.45) is 0 Å². The smallest absolute Gasteiger partial charge is 0.267 e. The zero-order valence-electron chi connectivity index (χ0n) is 12.5. The number of anilines is 2. The Balaban J connectivity index is 2.17. The van der Waals surface area contributed by atoms with E-state index >= 15 is 0 Å². The summed E-state index contributed by atoms with van der Waals surface area (Å²) in [4.78, 5) is 14.6. The van der Waals surface area contributed by atoms with Crippen molar-refractivity contribution in [2.75, 3.05) is 17.7 Å². The van der Waals surface area contributed by atoms with Gasteiger partial charge in [0.1, 0.15) is 16.8 Å². The van der Waals surface area contributed by atoms with E-state index < -0.39 is 6.10 Å². The molecule has 2 aromatic rings. The Hall–Kier alpha value is -2.52. The summed E-state index contributed by atoms with van der Waals surface area (Å²) in [7, 11) is 1.73. The minimum atomic E-state index is -0.489. The number of amides is 1. The largest absolute Gasteiger partial charge is 0.479 e. The lowest BCUT2D eigenvalue weighted by Gasteiger charge is -2.30. The summed E-state index contributed by atoms with van der Waals surface area (Å²) in [5.74, 6) is 0.574. The Bertz CT molecular complexity index is 820. The normalized spacial score (nSPS) is 16.9. The monoisotopic (exact) mass is 313 g/mol.